The Kier molecular flexibility index (Phi) is 4.64. The molecule has 0 spiro atoms. The lowest BCUT2D eigenvalue weighted by Crippen LogP contribution is -2.25. The molecular formula is C15H23FO. The predicted molar refractivity (Wildman–Crippen MR) is 68.2 cm³/mol. The third kappa shape index (κ3) is 3.34. The van der Waals surface area contributed by atoms with Crippen molar-refractivity contribution in [2.75, 3.05) is 0 Å². The third-order valence-corrected chi connectivity index (χ3v) is 3.97. The summed E-state index contributed by atoms with van der Waals surface area (Å²) in [5.74, 6) is 1.21. The van der Waals surface area contributed by atoms with Crippen molar-refractivity contribution in [3.05, 3.63) is 24.2 Å². The average Bonchev–Trinajstić information content (AvgIpc) is 2.76. The van der Waals surface area contributed by atoms with Crippen LogP contribution in [0.5, 0.6) is 0 Å². The summed E-state index contributed by atoms with van der Waals surface area (Å²) in [6.07, 6.45) is 11.6. The number of hydrogen-bond acceptors (Lipinski definition) is 1. The lowest BCUT2D eigenvalue weighted by molar-refractivity contribution is 0.0433. The molecule has 1 nitrogen and oxygen atoms in total. The fourth-order valence-electron chi connectivity index (χ4n) is 2.99. The number of halogens is 1. The fraction of sp³-hybridized carbons (Fsp3) is 0.733. The lowest BCUT2D eigenvalue weighted by Gasteiger charge is -2.30. The molecule has 0 amide bonds. The zero-order valence-electron chi connectivity index (χ0n) is 10.6. The molecule has 17 heavy (non-hydrogen) atoms. The molecule has 1 unspecified atom stereocenters. The molecule has 1 fully saturated rings. The van der Waals surface area contributed by atoms with Gasteiger partial charge in [-0.05, 0) is 25.2 Å². The van der Waals surface area contributed by atoms with Crippen LogP contribution in [0.3, 0.4) is 0 Å². The Morgan fingerprint density at radius 1 is 1.24 bits per heavy atom. The van der Waals surface area contributed by atoms with E-state index in [0.717, 1.165) is 19.3 Å². The van der Waals surface area contributed by atoms with E-state index in [0.29, 0.717) is 18.1 Å². The highest BCUT2D eigenvalue weighted by molar-refractivity contribution is 5.07. The van der Waals surface area contributed by atoms with Gasteiger partial charge >= 0.3 is 0 Å². The molecule has 2 heteroatoms. The summed E-state index contributed by atoms with van der Waals surface area (Å²) in [6.45, 7) is 3.80. The van der Waals surface area contributed by atoms with Crippen molar-refractivity contribution in [3.63, 3.8) is 0 Å². The van der Waals surface area contributed by atoms with Crippen molar-refractivity contribution in [2.45, 2.75) is 63.9 Å². The fourth-order valence-corrected chi connectivity index (χ4v) is 2.99. The molecule has 0 aliphatic heterocycles. The first-order chi connectivity index (χ1) is 8.31. The minimum atomic E-state index is -0.0186. The Hall–Kier alpha value is -0.790. The summed E-state index contributed by atoms with van der Waals surface area (Å²) in [6, 6.07) is 0. The molecule has 0 saturated heterocycles. The molecule has 0 aromatic carbocycles. The normalized spacial score (nSPS) is 23.8. The molecule has 1 saturated carbocycles. The van der Waals surface area contributed by atoms with E-state index in [2.05, 4.69) is 6.58 Å². The van der Waals surface area contributed by atoms with Crippen LogP contribution in [0, 0.1) is 5.92 Å². The molecule has 0 aromatic heterocycles. The second-order valence-corrected chi connectivity index (χ2v) is 5.26. The van der Waals surface area contributed by atoms with E-state index in [9.17, 15) is 4.39 Å². The lowest BCUT2D eigenvalue weighted by atomic mass is 9.84. The molecule has 2 aliphatic rings. The molecule has 1 atom stereocenters. The first-order valence-corrected chi connectivity index (χ1v) is 6.96. The zero-order chi connectivity index (χ0) is 12.1. The summed E-state index contributed by atoms with van der Waals surface area (Å²) in [5.41, 5.74) is 0. The van der Waals surface area contributed by atoms with Gasteiger partial charge in [-0.1, -0.05) is 25.3 Å². The highest BCUT2D eigenvalue weighted by Gasteiger charge is 2.27. The van der Waals surface area contributed by atoms with Crippen molar-refractivity contribution in [1.29, 1.82) is 0 Å². The molecule has 96 valence electrons. The standard InChI is InChI=1S/C15H23FO/c1-2-7-14(12-8-4-3-5-9-12)17-15-11-6-10-13(15)16/h2,12,14H,1,3-11H2. The minimum absolute atomic E-state index is 0.0186. The van der Waals surface area contributed by atoms with Crippen LogP contribution in [-0.2, 0) is 4.74 Å². The molecule has 0 heterocycles. The molecule has 0 N–H and O–H groups in total. The molecule has 0 radical (unpaired) electrons. The molecule has 0 aromatic rings. The van der Waals surface area contributed by atoms with Gasteiger partial charge in [0.05, 0.1) is 0 Å². The Morgan fingerprint density at radius 3 is 2.59 bits per heavy atom. The van der Waals surface area contributed by atoms with Crippen molar-refractivity contribution >= 4 is 0 Å². The summed E-state index contributed by atoms with van der Waals surface area (Å²) in [4.78, 5) is 0. The summed E-state index contributed by atoms with van der Waals surface area (Å²) >= 11 is 0. The molecule has 0 bridgehead atoms. The van der Waals surface area contributed by atoms with E-state index in [1.165, 1.54) is 32.1 Å². The van der Waals surface area contributed by atoms with E-state index in [1.807, 2.05) is 6.08 Å². The number of allylic oxidation sites excluding steroid dienone is 2. The zero-order valence-corrected chi connectivity index (χ0v) is 10.6. The van der Waals surface area contributed by atoms with Crippen molar-refractivity contribution < 1.29 is 9.13 Å². The third-order valence-electron chi connectivity index (χ3n) is 3.97. The Bertz CT molecular complexity index is 289. The first kappa shape index (κ1) is 12.7. The van der Waals surface area contributed by atoms with E-state index in [1.54, 1.807) is 0 Å². The Balaban J connectivity index is 1.96. The maximum atomic E-state index is 13.5. The van der Waals surface area contributed by atoms with Gasteiger partial charge in [-0.25, -0.2) is 4.39 Å². The van der Waals surface area contributed by atoms with Crippen LogP contribution in [0.2, 0.25) is 0 Å². The maximum absolute atomic E-state index is 13.5. The maximum Gasteiger partial charge on any atom is 0.137 e. The summed E-state index contributed by atoms with van der Waals surface area (Å²) < 4.78 is 19.4. The van der Waals surface area contributed by atoms with Crippen LogP contribution < -0.4 is 0 Å². The van der Waals surface area contributed by atoms with Gasteiger partial charge in [-0.2, -0.15) is 0 Å². The minimum Gasteiger partial charge on any atom is -0.491 e. The van der Waals surface area contributed by atoms with E-state index < -0.39 is 0 Å². The van der Waals surface area contributed by atoms with Crippen LogP contribution in [0.1, 0.15) is 57.8 Å². The van der Waals surface area contributed by atoms with Gasteiger partial charge in [0.25, 0.3) is 0 Å². The quantitative estimate of drug-likeness (QED) is 0.619. The average molecular weight is 238 g/mol. The second kappa shape index (κ2) is 6.23. The highest BCUT2D eigenvalue weighted by Crippen LogP contribution is 2.34. The van der Waals surface area contributed by atoms with Gasteiger partial charge in [0.15, 0.2) is 0 Å². The van der Waals surface area contributed by atoms with E-state index in [-0.39, 0.29) is 11.9 Å². The molecule has 2 rings (SSSR count). The SMILES string of the molecule is C=CCC(OC1=C(F)CCC1)C1CCCCC1. The van der Waals surface area contributed by atoms with Gasteiger partial charge in [-0.3, -0.25) is 0 Å². The largest absolute Gasteiger partial charge is 0.491 e. The number of rotatable bonds is 5. The summed E-state index contributed by atoms with van der Waals surface area (Å²) in [7, 11) is 0. The summed E-state index contributed by atoms with van der Waals surface area (Å²) in [5, 5.41) is 0. The van der Waals surface area contributed by atoms with Crippen molar-refractivity contribution in [3.8, 4) is 0 Å². The van der Waals surface area contributed by atoms with Gasteiger partial charge in [-0.15, -0.1) is 6.58 Å². The van der Waals surface area contributed by atoms with Crippen molar-refractivity contribution in [1.82, 2.24) is 0 Å². The van der Waals surface area contributed by atoms with Crippen LogP contribution in [0.4, 0.5) is 4.39 Å². The smallest absolute Gasteiger partial charge is 0.137 e. The van der Waals surface area contributed by atoms with Gasteiger partial charge < -0.3 is 4.74 Å². The number of ether oxygens (including phenoxy) is 1. The van der Waals surface area contributed by atoms with Crippen LogP contribution >= 0.6 is 0 Å². The Morgan fingerprint density at radius 2 is 2.00 bits per heavy atom. The highest BCUT2D eigenvalue weighted by atomic mass is 19.1. The second-order valence-electron chi connectivity index (χ2n) is 5.26. The molecule has 2 aliphatic carbocycles. The van der Waals surface area contributed by atoms with Crippen LogP contribution in [-0.4, -0.2) is 6.10 Å². The van der Waals surface area contributed by atoms with E-state index in [4.69, 9.17) is 4.74 Å². The first-order valence-electron chi connectivity index (χ1n) is 6.96. The molecular weight excluding hydrogens is 215 g/mol. The number of hydrogen-bond donors (Lipinski definition) is 0. The van der Waals surface area contributed by atoms with Crippen LogP contribution in [0.15, 0.2) is 24.2 Å². The topological polar surface area (TPSA) is 9.23 Å². The van der Waals surface area contributed by atoms with Gasteiger partial charge in [0.1, 0.15) is 17.7 Å². The van der Waals surface area contributed by atoms with Crippen LogP contribution in [0.25, 0.3) is 0 Å². The van der Waals surface area contributed by atoms with E-state index >= 15 is 0 Å². The van der Waals surface area contributed by atoms with Gasteiger partial charge in [0, 0.05) is 19.3 Å². The van der Waals surface area contributed by atoms with Crippen molar-refractivity contribution in [2.24, 2.45) is 5.92 Å². The van der Waals surface area contributed by atoms with Gasteiger partial charge in [0.2, 0.25) is 0 Å². The Labute approximate surface area is 104 Å². The monoisotopic (exact) mass is 238 g/mol. The predicted octanol–water partition coefficient (Wildman–Crippen LogP) is 4.89.